The van der Waals surface area contributed by atoms with Crippen molar-refractivity contribution in [1.82, 2.24) is 0 Å². The summed E-state index contributed by atoms with van der Waals surface area (Å²) in [5.41, 5.74) is 3.08. The lowest BCUT2D eigenvalue weighted by atomic mass is 9.99. The first kappa shape index (κ1) is 10.6. The molecule has 0 spiro atoms. The van der Waals surface area contributed by atoms with Gasteiger partial charge in [0.25, 0.3) is 0 Å². The molecule has 0 heterocycles. The number of aromatic hydroxyl groups is 1. The van der Waals surface area contributed by atoms with Gasteiger partial charge in [-0.3, -0.25) is 0 Å². The molecule has 0 aliphatic rings. The molecule has 0 bridgehead atoms. The summed E-state index contributed by atoms with van der Waals surface area (Å²) in [5, 5.41) is 21.7. The van der Waals surface area contributed by atoms with Crippen LogP contribution in [0.4, 0.5) is 0 Å². The summed E-state index contributed by atoms with van der Waals surface area (Å²) in [7, 11) is 0. The van der Waals surface area contributed by atoms with Crippen LogP contribution in [0.25, 0.3) is 0 Å². The number of phenols is 1. The Morgan fingerprint density at radius 2 is 2.00 bits per heavy atom. The smallest absolute Gasteiger partial charge is 0.125 e. The van der Waals surface area contributed by atoms with Crippen LogP contribution in [0.5, 0.6) is 5.75 Å². The molecule has 0 radical (unpaired) electrons. The maximum Gasteiger partial charge on any atom is 0.125 e. The van der Waals surface area contributed by atoms with Gasteiger partial charge in [0.1, 0.15) is 5.75 Å². The molecule has 0 unspecified atom stereocenters. The van der Waals surface area contributed by atoms with Crippen molar-refractivity contribution in [1.29, 1.82) is 0 Å². The lowest BCUT2D eigenvalue weighted by Crippen LogP contribution is -2.02. The van der Waals surface area contributed by atoms with Gasteiger partial charge in [0, 0.05) is 5.56 Å². The summed E-state index contributed by atoms with van der Waals surface area (Å²) >= 11 is 0. The summed E-state index contributed by atoms with van der Waals surface area (Å²) in [4.78, 5) is 0. The van der Waals surface area contributed by atoms with Gasteiger partial charge in [-0.25, -0.2) is 0 Å². The van der Waals surface area contributed by atoms with Crippen LogP contribution in [0, 0.1) is 13.8 Å². The number of aryl methyl sites for hydroxylation is 2. The van der Waals surface area contributed by atoms with Gasteiger partial charge in [0.2, 0.25) is 0 Å². The minimum atomic E-state index is 0.178. The van der Waals surface area contributed by atoms with Gasteiger partial charge in [0.05, 0.1) is 5.71 Å². The van der Waals surface area contributed by atoms with E-state index in [4.69, 9.17) is 5.21 Å². The summed E-state index contributed by atoms with van der Waals surface area (Å²) < 4.78 is 0. The monoisotopic (exact) mass is 193 g/mol. The van der Waals surface area contributed by atoms with Crippen molar-refractivity contribution in [3.05, 3.63) is 28.8 Å². The molecule has 0 aromatic heterocycles. The molecular weight excluding hydrogens is 178 g/mol. The number of rotatable bonds is 2. The quantitative estimate of drug-likeness (QED) is 0.431. The van der Waals surface area contributed by atoms with Crippen LogP contribution in [0.3, 0.4) is 0 Å². The van der Waals surface area contributed by atoms with E-state index in [1.165, 1.54) is 0 Å². The van der Waals surface area contributed by atoms with Gasteiger partial charge in [0.15, 0.2) is 0 Å². The van der Waals surface area contributed by atoms with E-state index in [-0.39, 0.29) is 5.75 Å². The zero-order valence-corrected chi connectivity index (χ0v) is 8.70. The van der Waals surface area contributed by atoms with Gasteiger partial charge >= 0.3 is 0 Å². The summed E-state index contributed by atoms with van der Waals surface area (Å²) in [5.74, 6) is 0.178. The zero-order valence-electron chi connectivity index (χ0n) is 8.70. The Labute approximate surface area is 83.7 Å². The largest absolute Gasteiger partial charge is 0.507 e. The van der Waals surface area contributed by atoms with Crippen molar-refractivity contribution in [2.75, 3.05) is 0 Å². The van der Waals surface area contributed by atoms with Crippen LogP contribution in [0.1, 0.15) is 30.0 Å². The molecule has 1 rings (SSSR count). The molecule has 0 amide bonds. The zero-order chi connectivity index (χ0) is 10.7. The number of hydrogen-bond donors (Lipinski definition) is 2. The average Bonchev–Trinajstić information content (AvgIpc) is 2.10. The molecule has 0 aliphatic heterocycles. The Hall–Kier alpha value is -1.51. The molecule has 3 nitrogen and oxygen atoms in total. The van der Waals surface area contributed by atoms with Crippen molar-refractivity contribution < 1.29 is 10.3 Å². The lowest BCUT2D eigenvalue weighted by Gasteiger charge is -2.09. The Bertz CT molecular complexity index is 347. The molecule has 0 aliphatic carbocycles. The molecule has 3 heteroatoms. The first-order valence-electron chi connectivity index (χ1n) is 4.61. The molecule has 1 aromatic carbocycles. The summed E-state index contributed by atoms with van der Waals surface area (Å²) in [6.07, 6.45) is 0.591. The van der Waals surface area contributed by atoms with Crippen LogP contribution in [-0.2, 0) is 0 Å². The highest BCUT2D eigenvalue weighted by molar-refractivity contribution is 6.03. The van der Waals surface area contributed by atoms with Crippen LogP contribution < -0.4 is 0 Å². The van der Waals surface area contributed by atoms with E-state index in [1.807, 2.05) is 26.8 Å². The van der Waals surface area contributed by atoms with Crippen molar-refractivity contribution in [3.63, 3.8) is 0 Å². The minimum absolute atomic E-state index is 0.178. The normalized spacial score (nSPS) is 11.8. The van der Waals surface area contributed by atoms with Crippen molar-refractivity contribution in [2.45, 2.75) is 27.2 Å². The van der Waals surface area contributed by atoms with Crippen LogP contribution in [0.15, 0.2) is 17.3 Å². The molecule has 2 N–H and O–H groups in total. The third-order valence-corrected chi connectivity index (χ3v) is 2.20. The Morgan fingerprint density at radius 1 is 1.36 bits per heavy atom. The second kappa shape index (κ2) is 4.13. The number of oxime groups is 1. The van der Waals surface area contributed by atoms with E-state index < -0.39 is 0 Å². The predicted octanol–water partition coefficient (Wildman–Crippen LogP) is 2.60. The van der Waals surface area contributed by atoms with E-state index >= 15 is 0 Å². The molecule has 0 atom stereocenters. The maximum absolute atomic E-state index is 9.71. The highest BCUT2D eigenvalue weighted by atomic mass is 16.4. The Balaban J connectivity index is 3.34. The van der Waals surface area contributed by atoms with Crippen molar-refractivity contribution in [2.24, 2.45) is 5.16 Å². The lowest BCUT2D eigenvalue weighted by molar-refractivity contribution is 0.318. The molecule has 0 saturated heterocycles. The first-order valence-corrected chi connectivity index (χ1v) is 4.61. The highest BCUT2D eigenvalue weighted by Crippen LogP contribution is 2.24. The highest BCUT2D eigenvalue weighted by Gasteiger charge is 2.11. The van der Waals surface area contributed by atoms with Crippen LogP contribution >= 0.6 is 0 Å². The minimum Gasteiger partial charge on any atom is -0.507 e. The third kappa shape index (κ3) is 1.87. The molecule has 0 fully saturated rings. The third-order valence-electron chi connectivity index (χ3n) is 2.20. The van der Waals surface area contributed by atoms with Crippen molar-refractivity contribution >= 4 is 5.71 Å². The van der Waals surface area contributed by atoms with E-state index in [9.17, 15) is 5.11 Å². The van der Waals surface area contributed by atoms with Gasteiger partial charge in [-0.2, -0.15) is 0 Å². The topological polar surface area (TPSA) is 52.8 Å². The molecule has 1 aromatic rings. The number of phenolic OH excluding ortho intramolecular Hbond substituents is 1. The van der Waals surface area contributed by atoms with E-state index in [0.29, 0.717) is 17.7 Å². The number of benzene rings is 1. The molecule has 14 heavy (non-hydrogen) atoms. The summed E-state index contributed by atoms with van der Waals surface area (Å²) in [6.45, 7) is 5.69. The van der Waals surface area contributed by atoms with Gasteiger partial charge in [-0.15, -0.1) is 0 Å². The maximum atomic E-state index is 9.71. The van der Waals surface area contributed by atoms with Gasteiger partial charge < -0.3 is 10.3 Å². The SMILES string of the molecule is CC/C(=N/O)c1c(C)cc(C)cc1O. The molecule has 76 valence electrons. The van der Waals surface area contributed by atoms with E-state index in [2.05, 4.69) is 5.16 Å². The number of nitrogens with zero attached hydrogens (tertiary/aromatic N) is 1. The average molecular weight is 193 g/mol. The van der Waals surface area contributed by atoms with Crippen molar-refractivity contribution in [3.8, 4) is 5.75 Å². The fourth-order valence-electron chi connectivity index (χ4n) is 1.62. The van der Waals surface area contributed by atoms with Crippen LogP contribution in [-0.4, -0.2) is 16.0 Å². The van der Waals surface area contributed by atoms with Gasteiger partial charge in [-0.1, -0.05) is 18.1 Å². The van der Waals surface area contributed by atoms with E-state index in [0.717, 1.165) is 11.1 Å². The predicted molar refractivity (Wildman–Crippen MR) is 56.2 cm³/mol. The van der Waals surface area contributed by atoms with Gasteiger partial charge in [-0.05, 0) is 37.5 Å². The fourth-order valence-corrected chi connectivity index (χ4v) is 1.62. The van der Waals surface area contributed by atoms with Crippen LogP contribution in [0.2, 0.25) is 0 Å². The summed E-state index contributed by atoms with van der Waals surface area (Å²) in [6, 6.07) is 3.62. The van der Waals surface area contributed by atoms with E-state index in [1.54, 1.807) is 6.07 Å². The number of hydrogen-bond acceptors (Lipinski definition) is 3. The standard InChI is InChI=1S/C11H15NO2/c1-4-9(12-14)11-8(3)5-7(2)6-10(11)13/h5-6,13-14H,4H2,1-3H3/b12-9-. The fraction of sp³-hybridized carbons (Fsp3) is 0.364. The second-order valence-corrected chi connectivity index (χ2v) is 3.38. The second-order valence-electron chi connectivity index (χ2n) is 3.38. The molecular formula is C11H15NO2. The first-order chi connectivity index (χ1) is 6.60. The Morgan fingerprint density at radius 3 is 2.43 bits per heavy atom. The molecule has 0 saturated carbocycles. The Kier molecular flexibility index (Phi) is 3.12.